The first-order chi connectivity index (χ1) is 9.41. The van der Waals surface area contributed by atoms with E-state index in [1.54, 1.807) is 6.92 Å². The van der Waals surface area contributed by atoms with Gasteiger partial charge in [0.2, 0.25) is 5.13 Å². The topological polar surface area (TPSA) is 104 Å². The number of urea groups is 1. The Morgan fingerprint density at radius 1 is 1.40 bits per heavy atom. The summed E-state index contributed by atoms with van der Waals surface area (Å²) in [6.07, 6.45) is 2.49. The zero-order chi connectivity index (χ0) is 14.8. The number of nitrogens with one attached hydrogen (secondary N) is 2. The summed E-state index contributed by atoms with van der Waals surface area (Å²) in [6, 6.07) is -0.543. The van der Waals surface area contributed by atoms with E-state index in [-0.39, 0.29) is 0 Å². The van der Waals surface area contributed by atoms with Crippen molar-refractivity contribution >= 4 is 28.7 Å². The number of aromatic nitrogens is 2. The van der Waals surface area contributed by atoms with E-state index in [1.165, 1.54) is 0 Å². The first-order valence-electron chi connectivity index (χ1n) is 6.54. The van der Waals surface area contributed by atoms with Gasteiger partial charge in [0.1, 0.15) is 11.4 Å². The molecule has 1 aliphatic rings. The molecule has 3 N–H and O–H groups in total. The lowest BCUT2D eigenvalue weighted by Gasteiger charge is -2.36. The number of hydrogen-bond donors (Lipinski definition) is 3. The highest BCUT2D eigenvalue weighted by atomic mass is 32.1. The number of aliphatic carboxylic acids is 1. The molecule has 0 aliphatic heterocycles. The highest BCUT2D eigenvalue weighted by Crippen LogP contribution is 2.32. The van der Waals surface area contributed by atoms with Gasteiger partial charge in [0.25, 0.3) is 0 Å². The molecule has 20 heavy (non-hydrogen) atoms. The Labute approximate surface area is 121 Å². The van der Waals surface area contributed by atoms with Crippen molar-refractivity contribution in [2.24, 2.45) is 5.92 Å². The fourth-order valence-corrected chi connectivity index (χ4v) is 2.91. The van der Waals surface area contributed by atoms with Crippen LogP contribution in [0.3, 0.4) is 0 Å². The molecule has 1 aliphatic carbocycles. The lowest BCUT2D eigenvalue weighted by Crippen LogP contribution is -2.57. The number of hydrogen-bond acceptors (Lipinski definition) is 5. The number of rotatable bonds is 3. The largest absolute Gasteiger partial charge is 0.480 e. The predicted octanol–water partition coefficient (Wildman–Crippen LogP) is 2.00. The molecule has 0 radical (unpaired) electrons. The lowest BCUT2D eigenvalue weighted by molar-refractivity contribution is -0.146. The van der Waals surface area contributed by atoms with E-state index in [1.807, 2.05) is 0 Å². The van der Waals surface area contributed by atoms with Crippen LogP contribution in [0.1, 0.15) is 38.4 Å². The number of aryl methyl sites for hydroxylation is 1. The minimum absolute atomic E-state index is 0.365. The molecule has 1 saturated carbocycles. The van der Waals surface area contributed by atoms with Gasteiger partial charge < -0.3 is 10.4 Å². The quantitative estimate of drug-likeness (QED) is 0.791. The fourth-order valence-electron chi connectivity index (χ4n) is 2.34. The molecule has 0 atom stereocenters. The average Bonchev–Trinajstić information content (AvgIpc) is 2.77. The summed E-state index contributed by atoms with van der Waals surface area (Å²) in [5, 5.41) is 14.9. The third kappa shape index (κ3) is 3.24. The van der Waals surface area contributed by atoms with E-state index in [2.05, 4.69) is 26.9 Å². The summed E-state index contributed by atoms with van der Waals surface area (Å²) in [7, 11) is 0. The van der Waals surface area contributed by atoms with Crippen LogP contribution in [0, 0.1) is 12.8 Å². The molecule has 2 rings (SSSR count). The van der Waals surface area contributed by atoms with Crippen molar-refractivity contribution in [2.45, 2.75) is 45.1 Å². The molecule has 0 spiro atoms. The van der Waals surface area contributed by atoms with Crippen molar-refractivity contribution in [1.29, 1.82) is 0 Å². The van der Waals surface area contributed by atoms with Crippen LogP contribution in [0.4, 0.5) is 9.93 Å². The summed E-state index contributed by atoms with van der Waals surface area (Å²) < 4.78 is 3.95. The summed E-state index contributed by atoms with van der Waals surface area (Å²) in [5.41, 5.74) is -1.17. The van der Waals surface area contributed by atoms with Gasteiger partial charge in [0.15, 0.2) is 0 Å². The first kappa shape index (κ1) is 14.7. The summed E-state index contributed by atoms with van der Waals surface area (Å²) in [4.78, 5) is 27.5. The van der Waals surface area contributed by atoms with Gasteiger partial charge in [-0.3, -0.25) is 5.32 Å². The van der Waals surface area contributed by atoms with Gasteiger partial charge >= 0.3 is 12.0 Å². The Morgan fingerprint density at radius 2 is 2.05 bits per heavy atom. The van der Waals surface area contributed by atoms with E-state index >= 15 is 0 Å². The van der Waals surface area contributed by atoms with Gasteiger partial charge in [0.05, 0.1) is 0 Å². The standard InChI is InChI=1S/C12H18N4O3S/c1-7-3-5-12(6-4-7,9(17)18)15-10(19)14-11-13-8(2)16-20-11/h7H,3-6H2,1-2H3,(H,17,18)(H2,13,14,15,16,19). The van der Waals surface area contributed by atoms with Gasteiger partial charge in [-0.2, -0.15) is 4.37 Å². The fraction of sp³-hybridized carbons (Fsp3) is 0.667. The average molecular weight is 298 g/mol. The van der Waals surface area contributed by atoms with E-state index in [0.717, 1.165) is 24.4 Å². The molecule has 1 heterocycles. The Morgan fingerprint density at radius 3 is 2.55 bits per heavy atom. The Bertz CT molecular complexity index is 509. The molecule has 0 bridgehead atoms. The highest BCUT2D eigenvalue weighted by Gasteiger charge is 2.42. The van der Waals surface area contributed by atoms with E-state index in [9.17, 15) is 14.7 Å². The minimum atomic E-state index is -1.17. The van der Waals surface area contributed by atoms with Crippen LogP contribution in [0.15, 0.2) is 0 Å². The second kappa shape index (κ2) is 5.74. The van der Waals surface area contributed by atoms with Gasteiger partial charge in [-0.05, 0) is 38.5 Å². The van der Waals surface area contributed by atoms with Crippen molar-refractivity contribution in [3.05, 3.63) is 5.82 Å². The zero-order valence-electron chi connectivity index (χ0n) is 11.5. The van der Waals surface area contributed by atoms with Crippen LogP contribution in [-0.4, -0.2) is 32.0 Å². The molecule has 2 amide bonds. The number of anilines is 1. The van der Waals surface area contributed by atoms with Gasteiger partial charge in [-0.25, -0.2) is 14.6 Å². The maximum atomic E-state index is 11.9. The SMILES string of the molecule is Cc1nsc(NC(=O)NC2(C(=O)O)CCC(C)CC2)n1. The second-order valence-electron chi connectivity index (χ2n) is 5.30. The first-order valence-corrected chi connectivity index (χ1v) is 7.31. The summed E-state index contributed by atoms with van der Waals surface area (Å²) in [5.74, 6) is 0.0934. The number of carbonyl (C=O) groups excluding carboxylic acids is 1. The number of amides is 2. The zero-order valence-corrected chi connectivity index (χ0v) is 12.3. The molecular formula is C12H18N4O3S. The van der Waals surface area contributed by atoms with Crippen molar-refractivity contribution in [1.82, 2.24) is 14.7 Å². The second-order valence-corrected chi connectivity index (χ2v) is 6.05. The van der Waals surface area contributed by atoms with Crippen molar-refractivity contribution in [2.75, 3.05) is 5.32 Å². The van der Waals surface area contributed by atoms with E-state index in [0.29, 0.717) is 29.7 Å². The van der Waals surface area contributed by atoms with Crippen LogP contribution >= 0.6 is 11.5 Å². The maximum absolute atomic E-state index is 11.9. The molecule has 7 nitrogen and oxygen atoms in total. The molecular weight excluding hydrogens is 280 g/mol. The number of nitrogens with zero attached hydrogens (tertiary/aromatic N) is 2. The molecule has 0 unspecified atom stereocenters. The van der Waals surface area contributed by atoms with Gasteiger partial charge in [-0.1, -0.05) is 6.92 Å². The third-order valence-electron chi connectivity index (χ3n) is 3.64. The summed E-state index contributed by atoms with van der Waals surface area (Å²) in [6.45, 7) is 3.82. The highest BCUT2D eigenvalue weighted by molar-refractivity contribution is 7.09. The maximum Gasteiger partial charge on any atom is 0.329 e. The Balaban J connectivity index is 2.01. The van der Waals surface area contributed by atoms with Crippen LogP contribution in [0.25, 0.3) is 0 Å². The molecule has 1 aromatic rings. The molecule has 0 saturated heterocycles. The minimum Gasteiger partial charge on any atom is -0.480 e. The van der Waals surface area contributed by atoms with Crippen LogP contribution in [0.5, 0.6) is 0 Å². The van der Waals surface area contributed by atoms with Crippen LogP contribution in [0.2, 0.25) is 0 Å². The van der Waals surface area contributed by atoms with Gasteiger partial charge in [-0.15, -0.1) is 0 Å². The van der Waals surface area contributed by atoms with Crippen LogP contribution < -0.4 is 10.6 Å². The number of carboxylic acid groups (broad SMARTS) is 1. The molecule has 1 aromatic heterocycles. The Kier molecular flexibility index (Phi) is 4.22. The molecule has 1 fully saturated rings. The molecule has 8 heteroatoms. The summed E-state index contributed by atoms with van der Waals surface area (Å²) >= 11 is 1.07. The van der Waals surface area contributed by atoms with Crippen molar-refractivity contribution in [3.63, 3.8) is 0 Å². The van der Waals surface area contributed by atoms with E-state index in [4.69, 9.17) is 0 Å². The third-order valence-corrected chi connectivity index (χ3v) is 4.36. The normalized spacial score (nSPS) is 26.0. The smallest absolute Gasteiger partial charge is 0.329 e. The molecule has 110 valence electrons. The monoisotopic (exact) mass is 298 g/mol. The van der Waals surface area contributed by atoms with Crippen LogP contribution in [-0.2, 0) is 4.79 Å². The number of carbonyl (C=O) groups is 2. The molecule has 0 aromatic carbocycles. The van der Waals surface area contributed by atoms with Crippen molar-refractivity contribution < 1.29 is 14.7 Å². The van der Waals surface area contributed by atoms with E-state index < -0.39 is 17.5 Å². The van der Waals surface area contributed by atoms with Crippen molar-refractivity contribution in [3.8, 4) is 0 Å². The number of carboxylic acids is 1. The lowest BCUT2D eigenvalue weighted by atomic mass is 9.77. The Hall–Kier alpha value is -1.70. The van der Waals surface area contributed by atoms with Gasteiger partial charge in [0, 0.05) is 11.5 Å². The predicted molar refractivity (Wildman–Crippen MR) is 74.8 cm³/mol.